The van der Waals surface area contributed by atoms with Crippen LogP contribution in [-0.4, -0.2) is 4.57 Å². The van der Waals surface area contributed by atoms with Gasteiger partial charge in [0.25, 0.3) is 0 Å². The van der Waals surface area contributed by atoms with E-state index in [0.717, 1.165) is 0 Å². The van der Waals surface area contributed by atoms with Crippen molar-refractivity contribution in [3.05, 3.63) is 29.0 Å². The third-order valence-corrected chi connectivity index (χ3v) is 4.69. The first-order valence-electron chi connectivity index (χ1n) is 4.39. The van der Waals surface area contributed by atoms with Gasteiger partial charge in [-0.25, -0.2) is 0 Å². The molecule has 0 radical (unpaired) electrons. The first-order valence-corrected chi connectivity index (χ1v) is 6.08. The van der Waals surface area contributed by atoms with Crippen LogP contribution < -0.4 is 0 Å². The number of nitrogens with zero attached hydrogens (tertiary/aromatic N) is 1. The standard InChI is InChI=1S/C11H9NS2/c1-3-7-6-9-11(14-7)10-8(12(9)2)4-5-13-10/h3-6H,1H2,2H3. The molecular formula is C11H9NS2. The van der Waals surface area contributed by atoms with Crippen LogP contribution in [0.25, 0.3) is 26.5 Å². The van der Waals surface area contributed by atoms with Crippen LogP contribution in [0.2, 0.25) is 0 Å². The quantitative estimate of drug-likeness (QED) is 0.580. The molecule has 0 N–H and O–H groups in total. The number of thiophene rings is 2. The molecule has 0 aromatic carbocycles. The molecule has 0 aliphatic rings. The van der Waals surface area contributed by atoms with Gasteiger partial charge in [0.1, 0.15) is 0 Å². The summed E-state index contributed by atoms with van der Waals surface area (Å²) in [6.45, 7) is 3.81. The number of aromatic nitrogens is 1. The zero-order chi connectivity index (χ0) is 9.71. The Balaban J connectivity index is 2.58. The number of aryl methyl sites for hydroxylation is 1. The van der Waals surface area contributed by atoms with E-state index in [-0.39, 0.29) is 0 Å². The van der Waals surface area contributed by atoms with Gasteiger partial charge in [-0.1, -0.05) is 12.7 Å². The molecule has 0 fully saturated rings. The van der Waals surface area contributed by atoms with Crippen LogP contribution >= 0.6 is 22.7 Å². The van der Waals surface area contributed by atoms with Crippen LogP contribution in [0, 0.1) is 0 Å². The first kappa shape index (κ1) is 8.26. The normalized spacial score (nSPS) is 11.5. The summed E-state index contributed by atoms with van der Waals surface area (Å²) in [6.07, 6.45) is 1.92. The zero-order valence-corrected chi connectivity index (χ0v) is 9.41. The van der Waals surface area contributed by atoms with E-state index in [1.807, 2.05) is 28.7 Å². The fourth-order valence-corrected chi connectivity index (χ4v) is 3.91. The topological polar surface area (TPSA) is 4.93 Å². The van der Waals surface area contributed by atoms with Crippen LogP contribution in [0.15, 0.2) is 24.1 Å². The second-order valence-corrected chi connectivity index (χ2v) is 5.26. The van der Waals surface area contributed by atoms with E-state index < -0.39 is 0 Å². The summed E-state index contributed by atoms with van der Waals surface area (Å²) in [7, 11) is 2.12. The highest BCUT2D eigenvalue weighted by Gasteiger charge is 2.11. The summed E-state index contributed by atoms with van der Waals surface area (Å²) in [4.78, 5) is 1.25. The predicted molar refractivity (Wildman–Crippen MR) is 66.3 cm³/mol. The molecule has 3 aromatic heterocycles. The molecular weight excluding hydrogens is 210 g/mol. The molecule has 0 aliphatic heterocycles. The molecule has 0 aliphatic carbocycles. The fourth-order valence-electron chi connectivity index (χ4n) is 1.78. The maximum absolute atomic E-state index is 3.81. The van der Waals surface area contributed by atoms with Crippen molar-refractivity contribution in [2.45, 2.75) is 0 Å². The van der Waals surface area contributed by atoms with Gasteiger partial charge in [-0.05, 0) is 17.5 Å². The minimum atomic E-state index is 1.25. The lowest BCUT2D eigenvalue weighted by Crippen LogP contribution is -1.82. The Hall–Kier alpha value is -1.06. The van der Waals surface area contributed by atoms with Gasteiger partial charge < -0.3 is 4.57 Å². The summed E-state index contributed by atoms with van der Waals surface area (Å²) >= 11 is 3.64. The molecule has 3 rings (SSSR count). The third-order valence-electron chi connectivity index (χ3n) is 2.51. The fraction of sp³-hybridized carbons (Fsp3) is 0.0909. The van der Waals surface area contributed by atoms with Gasteiger partial charge in [0.15, 0.2) is 0 Å². The van der Waals surface area contributed by atoms with E-state index in [2.05, 4.69) is 35.7 Å². The van der Waals surface area contributed by atoms with Gasteiger partial charge in [-0.15, -0.1) is 22.7 Å². The van der Waals surface area contributed by atoms with Gasteiger partial charge in [-0.2, -0.15) is 0 Å². The lowest BCUT2D eigenvalue weighted by atomic mass is 10.4. The lowest BCUT2D eigenvalue weighted by molar-refractivity contribution is 1.02. The predicted octanol–water partition coefficient (Wildman–Crippen LogP) is 4.10. The second-order valence-electron chi connectivity index (χ2n) is 3.26. The summed E-state index contributed by atoms with van der Waals surface area (Å²) < 4.78 is 5.05. The van der Waals surface area contributed by atoms with Crippen molar-refractivity contribution < 1.29 is 0 Å². The smallest absolute Gasteiger partial charge is 0.0707 e. The number of hydrogen-bond acceptors (Lipinski definition) is 2. The Kier molecular flexibility index (Phi) is 1.60. The first-order chi connectivity index (χ1) is 6.81. The highest BCUT2D eigenvalue weighted by atomic mass is 32.1. The van der Waals surface area contributed by atoms with E-state index in [1.54, 1.807) is 0 Å². The van der Waals surface area contributed by atoms with Crippen molar-refractivity contribution in [3.8, 4) is 0 Å². The number of hydrogen-bond donors (Lipinski definition) is 0. The second kappa shape index (κ2) is 2.72. The van der Waals surface area contributed by atoms with E-state index in [9.17, 15) is 0 Å². The van der Waals surface area contributed by atoms with Crippen LogP contribution in [0.3, 0.4) is 0 Å². The van der Waals surface area contributed by atoms with Gasteiger partial charge in [0, 0.05) is 11.9 Å². The van der Waals surface area contributed by atoms with Crippen molar-refractivity contribution >= 4 is 49.2 Å². The maximum atomic E-state index is 3.81. The highest BCUT2D eigenvalue weighted by molar-refractivity contribution is 7.27. The minimum absolute atomic E-state index is 1.25. The van der Waals surface area contributed by atoms with E-state index >= 15 is 0 Å². The molecule has 0 saturated carbocycles. The largest absolute Gasteiger partial charge is 0.342 e. The summed E-state index contributed by atoms with van der Waals surface area (Å²) in [5.41, 5.74) is 2.67. The van der Waals surface area contributed by atoms with E-state index in [4.69, 9.17) is 0 Å². The molecule has 0 atom stereocenters. The van der Waals surface area contributed by atoms with Crippen LogP contribution in [0.4, 0.5) is 0 Å². The van der Waals surface area contributed by atoms with Crippen molar-refractivity contribution in [2.24, 2.45) is 7.05 Å². The Morgan fingerprint density at radius 1 is 1.36 bits per heavy atom. The SMILES string of the molecule is C=Cc1cc2c(s1)c1sccc1n2C. The average Bonchev–Trinajstić information content (AvgIpc) is 2.84. The maximum Gasteiger partial charge on any atom is 0.0707 e. The van der Waals surface area contributed by atoms with Crippen LogP contribution in [0.1, 0.15) is 4.88 Å². The molecule has 70 valence electrons. The number of fused-ring (bicyclic) bond motifs is 3. The van der Waals surface area contributed by atoms with Gasteiger partial charge >= 0.3 is 0 Å². The van der Waals surface area contributed by atoms with E-state index in [1.165, 1.54) is 25.3 Å². The van der Waals surface area contributed by atoms with Crippen molar-refractivity contribution in [1.82, 2.24) is 4.57 Å². The summed E-state index contributed by atoms with van der Waals surface area (Å²) in [5, 5.41) is 2.15. The third kappa shape index (κ3) is 0.885. The van der Waals surface area contributed by atoms with Crippen molar-refractivity contribution in [3.63, 3.8) is 0 Å². The van der Waals surface area contributed by atoms with E-state index in [0.29, 0.717) is 0 Å². The molecule has 0 amide bonds. The molecule has 3 aromatic rings. The monoisotopic (exact) mass is 219 g/mol. The molecule has 0 unspecified atom stereocenters. The minimum Gasteiger partial charge on any atom is -0.342 e. The Morgan fingerprint density at radius 2 is 2.21 bits per heavy atom. The van der Waals surface area contributed by atoms with Gasteiger partial charge in [-0.3, -0.25) is 0 Å². The molecule has 1 nitrogen and oxygen atoms in total. The highest BCUT2D eigenvalue weighted by Crippen LogP contribution is 2.37. The zero-order valence-electron chi connectivity index (χ0n) is 7.78. The molecule has 3 heterocycles. The Bertz CT molecular complexity index is 624. The Morgan fingerprint density at radius 3 is 3.00 bits per heavy atom. The average molecular weight is 219 g/mol. The summed E-state index contributed by atoms with van der Waals surface area (Å²) in [5.74, 6) is 0. The van der Waals surface area contributed by atoms with Crippen molar-refractivity contribution in [1.29, 1.82) is 0 Å². The Labute approximate surface area is 89.9 Å². The summed E-state index contributed by atoms with van der Waals surface area (Å²) in [6, 6.07) is 4.39. The molecule has 14 heavy (non-hydrogen) atoms. The van der Waals surface area contributed by atoms with Crippen LogP contribution in [0.5, 0.6) is 0 Å². The van der Waals surface area contributed by atoms with Crippen LogP contribution in [-0.2, 0) is 7.05 Å². The van der Waals surface area contributed by atoms with Gasteiger partial charge in [0.2, 0.25) is 0 Å². The molecule has 0 spiro atoms. The molecule has 0 bridgehead atoms. The molecule has 0 saturated heterocycles. The number of rotatable bonds is 1. The molecule has 3 heteroatoms. The lowest BCUT2D eigenvalue weighted by Gasteiger charge is -1.91. The van der Waals surface area contributed by atoms with Gasteiger partial charge in [0.05, 0.1) is 20.4 Å². The van der Waals surface area contributed by atoms with Crippen molar-refractivity contribution in [2.75, 3.05) is 0 Å².